The van der Waals surface area contributed by atoms with Crippen molar-refractivity contribution in [1.29, 1.82) is 0 Å². The zero-order chi connectivity index (χ0) is 22.7. The summed E-state index contributed by atoms with van der Waals surface area (Å²) in [4.78, 5) is 24.0. The molecule has 1 amide bonds. The largest absolute Gasteiger partial charge is 0.419 e. The van der Waals surface area contributed by atoms with Gasteiger partial charge in [0.1, 0.15) is 0 Å². The summed E-state index contributed by atoms with van der Waals surface area (Å²) in [6, 6.07) is 14.5. The lowest BCUT2D eigenvalue weighted by atomic mass is 9.94. The molecule has 1 aliphatic heterocycles. The molecule has 32 heavy (non-hydrogen) atoms. The number of hydrogen-bond donors (Lipinski definition) is 1. The minimum atomic E-state index is -3.69. The summed E-state index contributed by atoms with van der Waals surface area (Å²) in [7, 11) is -2.12. The molecule has 3 aromatic rings. The van der Waals surface area contributed by atoms with E-state index in [1.807, 2.05) is 30.3 Å². The van der Waals surface area contributed by atoms with E-state index in [1.54, 1.807) is 13.1 Å². The van der Waals surface area contributed by atoms with Gasteiger partial charge in [0.25, 0.3) is 0 Å². The predicted molar refractivity (Wildman–Crippen MR) is 121 cm³/mol. The highest BCUT2D eigenvalue weighted by Gasteiger charge is 2.30. The van der Waals surface area contributed by atoms with Crippen molar-refractivity contribution >= 4 is 27.0 Å². The van der Waals surface area contributed by atoms with Gasteiger partial charge in [-0.1, -0.05) is 30.3 Å². The number of rotatable bonds is 7. The third kappa shape index (κ3) is 4.78. The van der Waals surface area contributed by atoms with Crippen molar-refractivity contribution in [2.45, 2.75) is 30.6 Å². The Balaban J connectivity index is 1.30. The number of benzene rings is 2. The molecule has 4 rings (SSSR count). The Morgan fingerprint density at radius 1 is 1.12 bits per heavy atom. The molecule has 8 nitrogen and oxygen atoms in total. The van der Waals surface area contributed by atoms with E-state index in [0.717, 1.165) is 6.42 Å². The van der Waals surface area contributed by atoms with Crippen LogP contribution in [0.1, 0.15) is 24.8 Å². The van der Waals surface area contributed by atoms with E-state index in [9.17, 15) is 18.0 Å². The molecule has 1 N–H and O–H groups in total. The first kappa shape index (κ1) is 22.3. The number of hydrogen-bond acceptors (Lipinski definition) is 5. The fourth-order valence-corrected chi connectivity index (χ4v) is 5.59. The van der Waals surface area contributed by atoms with Gasteiger partial charge in [-0.3, -0.25) is 9.36 Å². The maximum absolute atomic E-state index is 13.0. The highest BCUT2D eigenvalue weighted by atomic mass is 32.2. The van der Waals surface area contributed by atoms with Crippen LogP contribution in [0.15, 0.2) is 62.6 Å². The molecule has 1 fully saturated rings. The monoisotopic (exact) mass is 457 g/mol. The van der Waals surface area contributed by atoms with Gasteiger partial charge in [-0.2, -0.15) is 4.31 Å². The Morgan fingerprint density at radius 3 is 2.56 bits per heavy atom. The smallest absolute Gasteiger partial charge is 0.408 e. The fraction of sp³-hybridized carbons (Fsp3) is 0.391. The van der Waals surface area contributed by atoms with Crippen molar-refractivity contribution in [2.75, 3.05) is 19.6 Å². The van der Waals surface area contributed by atoms with E-state index in [1.165, 1.54) is 26.6 Å². The minimum Gasteiger partial charge on any atom is -0.408 e. The predicted octanol–water partition coefficient (Wildman–Crippen LogP) is 2.28. The van der Waals surface area contributed by atoms with Crippen LogP contribution in [0.3, 0.4) is 0 Å². The number of amides is 1. The molecule has 1 aromatic heterocycles. The summed E-state index contributed by atoms with van der Waals surface area (Å²) < 4.78 is 34.0. The standard InChI is InChI=1S/C23H27N3O5S/c1-25-20-8-7-19(16-21(20)31-23(25)28)32(29,30)26-13-10-18(11-14-26)15-22(27)24-12-9-17-5-3-2-4-6-17/h2-8,16,18H,9-15H2,1H3,(H,24,27). The SMILES string of the molecule is Cn1c(=O)oc2cc(S(=O)(=O)N3CCC(CC(=O)NCCc4ccccc4)CC3)ccc21. The molecular formula is C23H27N3O5S. The fourth-order valence-electron chi connectivity index (χ4n) is 4.10. The van der Waals surface area contributed by atoms with Crippen LogP contribution in [0.25, 0.3) is 11.1 Å². The molecule has 0 atom stereocenters. The summed E-state index contributed by atoms with van der Waals surface area (Å²) in [6.45, 7) is 1.32. The number of fused-ring (bicyclic) bond motifs is 1. The Hall–Kier alpha value is -2.91. The first-order valence-corrected chi connectivity index (χ1v) is 12.2. The van der Waals surface area contributed by atoms with E-state index in [2.05, 4.69) is 5.32 Å². The molecule has 0 radical (unpaired) electrons. The molecule has 0 unspecified atom stereocenters. The topological polar surface area (TPSA) is 102 Å². The maximum Gasteiger partial charge on any atom is 0.419 e. The maximum atomic E-state index is 13.0. The summed E-state index contributed by atoms with van der Waals surface area (Å²) in [5, 5.41) is 2.96. The first-order chi connectivity index (χ1) is 15.3. The minimum absolute atomic E-state index is 0.00629. The third-order valence-electron chi connectivity index (χ3n) is 6.03. The molecular weight excluding hydrogens is 430 g/mol. The van der Waals surface area contributed by atoms with Crippen molar-refractivity contribution in [3.63, 3.8) is 0 Å². The summed E-state index contributed by atoms with van der Waals surface area (Å²) in [5.74, 6) is -0.364. The van der Waals surface area contributed by atoms with E-state index < -0.39 is 15.8 Å². The van der Waals surface area contributed by atoms with Crippen LogP contribution in [0.2, 0.25) is 0 Å². The molecule has 0 spiro atoms. The van der Waals surface area contributed by atoms with Gasteiger partial charge in [-0.05, 0) is 42.9 Å². The first-order valence-electron chi connectivity index (χ1n) is 10.7. The molecule has 170 valence electrons. The Morgan fingerprint density at radius 2 is 1.84 bits per heavy atom. The number of carbonyl (C=O) groups is 1. The van der Waals surface area contributed by atoms with Crippen molar-refractivity contribution in [2.24, 2.45) is 13.0 Å². The average Bonchev–Trinajstić information content (AvgIpc) is 3.08. The summed E-state index contributed by atoms with van der Waals surface area (Å²) in [5.41, 5.74) is 1.98. The summed E-state index contributed by atoms with van der Waals surface area (Å²) in [6.07, 6.45) is 2.46. The Labute approximate surface area is 186 Å². The number of piperidine rings is 1. The van der Waals surface area contributed by atoms with Gasteiger partial charge in [0.2, 0.25) is 15.9 Å². The van der Waals surface area contributed by atoms with Crippen molar-refractivity contribution in [3.05, 3.63) is 64.6 Å². The molecule has 0 bridgehead atoms. The second-order valence-electron chi connectivity index (χ2n) is 8.19. The van der Waals surface area contributed by atoms with Crippen molar-refractivity contribution in [1.82, 2.24) is 14.2 Å². The number of nitrogens with one attached hydrogen (secondary N) is 1. The average molecular weight is 458 g/mol. The number of nitrogens with zero attached hydrogens (tertiary/aromatic N) is 2. The highest BCUT2D eigenvalue weighted by Crippen LogP contribution is 2.27. The van der Waals surface area contributed by atoms with E-state index in [0.29, 0.717) is 44.4 Å². The van der Waals surface area contributed by atoms with E-state index >= 15 is 0 Å². The Bertz CT molecular complexity index is 1260. The van der Waals surface area contributed by atoms with Gasteiger partial charge in [0, 0.05) is 39.2 Å². The molecule has 2 heterocycles. The van der Waals surface area contributed by atoms with Gasteiger partial charge < -0.3 is 9.73 Å². The number of sulfonamides is 1. The van der Waals surface area contributed by atoms with Gasteiger partial charge in [0.05, 0.1) is 10.4 Å². The number of aromatic nitrogens is 1. The third-order valence-corrected chi connectivity index (χ3v) is 7.92. The van der Waals surface area contributed by atoms with Crippen molar-refractivity contribution < 1.29 is 17.6 Å². The lowest BCUT2D eigenvalue weighted by Crippen LogP contribution is -2.39. The quantitative estimate of drug-likeness (QED) is 0.587. The highest BCUT2D eigenvalue weighted by molar-refractivity contribution is 7.89. The van der Waals surface area contributed by atoms with Crippen LogP contribution in [-0.4, -0.2) is 42.8 Å². The normalized spacial score (nSPS) is 15.8. The van der Waals surface area contributed by atoms with Crippen LogP contribution in [0, 0.1) is 5.92 Å². The molecule has 9 heteroatoms. The molecule has 1 saturated heterocycles. The van der Waals surface area contributed by atoms with Crippen LogP contribution in [0.4, 0.5) is 0 Å². The van der Waals surface area contributed by atoms with E-state index in [-0.39, 0.29) is 22.3 Å². The van der Waals surface area contributed by atoms with Gasteiger partial charge >= 0.3 is 5.76 Å². The van der Waals surface area contributed by atoms with E-state index in [4.69, 9.17) is 4.42 Å². The zero-order valence-electron chi connectivity index (χ0n) is 18.0. The zero-order valence-corrected chi connectivity index (χ0v) is 18.8. The molecule has 0 aliphatic carbocycles. The second kappa shape index (κ2) is 9.30. The lowest BCUT2D eigenvalue weighted by molar-refractivity contribution is -0.122. The van der Waals surface area contributed by atoms with Crippen LogP contribution in [-0.2, 0) is 28.3 Å². The number of carbonyl (C=O) groups excluding carboxylic acids is 1. The Kier molecular flexibility index (Phi) is 6.48. The summed E-state index contributed by atoms with van der Waals surface area (Å²) >= 11 is 0. The molecule has 0 saturated carbocycles. The van der Waals surface area contributed by atoms with Crippen LogP contribution in [0.5, 0.6) is 0 Å². The van der Waals surface area contributed by atoms with Gasteiger partial charge in [0.15, 0.2) is 5.58 Å². The molecule has 1 aliphatic rings. The van der Waals surface area contributed by atoms with Crippen molar-refractivity contribution in [3.8, 4) is 0 Å². The van der Waals surface area contributed by atoms with Gasteiger partial charge in [-0.25, -0.2) is 13.2 Å². The number of aryl methyl sites for hydroxylation is 1. The molecule has 2 aromatic carbocycles. The van der Waals surface area contributed by atoms with Crippen LogP contribution >= 0.6 is 0 Å². The van der Waals surface area contributed by atoms with Crippen LogP contribution < -0.4 is 11.1 Å². The second-order valence-corrected chi connectivity index (χ2v) is 10.1. The van der Waals surface area contributed by atoms with Gasteiger partial charge in [-0.15, -0.1) is 0 Å². The number of oxazole rings is 1. The lowest BCUT2D eigenvalue weighted by Gasteiger charge is -2.31.